The van der Waals surface area contributed by atoms with E-state index in [9.17, 15) is 14.7 Å². The van der Waals surface area contributed by atoms with Crippen LogP contribution in [0.2, 0.25) is 0 Å². The maximum Gasteiger partial charge on any atom is 0.337 e. The lowest BCUT2D eigenvalue weighted by Crippen LogP contribution is -2.31. The van der Waals surface area contributed by atoms with E-state index in [-0.39, 0.29) is 36.7 Å². The lowest BCUT2D eigenvalue weighted by atomic mass is 10.1. The predicted octanol–water partition coefficient (Wildman–Crippen LogP) is 0.628. The van der Waals surface area contributed by atoms with Gasteiger partial charge >= 0.3 is 5.97 Å². The highest BCUT2D eigenvalue weighted by Gasteiger charge is 2.34. The van der Waals surface area contributed by atoms with Crippen molar-refractivity contribution in [3.05, 3.63) is 35.0 Å². The number of phenolic OH excluding ortho intramolecular Hbond substituents is 1. The summed E-state index contributed by atoms with van der Waals surface area (Å²) >= 11 is 0. The summed E-state index contributed by atoms with van der Waals surface area (Å²) in [5.74, 6) is -1.04. The van der Waals surface area contributed by atoms with Crippen LogP contribution in [0, 0.1) is 0 Å². The Morgan fingerprint density at radius 3 is 2.74 bits per heavy atom. The Bertz CT molecular complexity index is 654. The van der Waals surface area contributed by atoms with E-state index in [2.05, 4.69) is 5.32 Å². The quantitative estimate of drug-likeness (QED) is 0.525. The Hall–Kier alpha value is -2.54. The number of rotatable bonds is 6. The van der Waals surface area contributed by atoms with Crippen LogP contribution in [0.4, 0.5) is 5.69 Å². The molecule has 0 atom stereocenters. The van der Waals surface area contributed by atoms with E-state index in [0.717, 1.165) is 12.0 Å². The Kier molecular flexibility index (Phi) is 5.23. The van der Waals surface area contributed by atoms with E-state index in [1.165, 1.54) is 12.0 Å². The van der Waals surface area contributed by atoms with Crippen LogP contribution in [0.15, 0.2) is 29.5 Å². The van der Waals surface area contributed by atoms with Crippen molar-refractivity contribution < 1.29 is 24.5 Å². The largest absolute Gasteiger partial charge is 0.506 e. The molecule has 0 fully saturated rings. The third-order valence-electron chi connectivity index (χ3n) is 3.68. The number of benzene rings is 1. The number of aryl methyl sites for hydroxylation is 1. The zero-order valence-corrected chi connectivity index (χ0v) is 13.1. The fourth-order valence-electron chi connectivity index (χ4n) is 2.39. The average Bonchev–Trinajstić information content (AvgIpc) is 2.85. The summed E-state index contributed by atoms with van der Waals surface area (Å²) in [6, 6.07) is 5.08. The Morgan fingerprint density at radius 2 is 2.17 bits per heavy atom. The van der Waals surface area contributed by atoms with Gasteiger partial charge in [0.15, 0.2) is 0 Å². The molecule has 3 N–H and O–H groups in total. The second-order valence-corrected chi connectivity index (χ2v) is 5.13. The average molecular weight is 320 g/mol. The first-order chi connectivity index (χ1) is 11.0. The van der Waals surface area contributed by atoms with Crippen molar-refractivity contribution in [3.63, 3.8) is 0 Å². The highest BCUT2D eigenvalue weighted by Crippen LogP contribution is 2.29. The van der Waals surface area contributed by atoms with Gasteiger partial charge in [-0.3, -0.25) is 4.79 Å². The van der Waals surface area contributed by atoms with Crippen molar-refractivity contribution in [1.82, 2.24) is 4.90 Å². The molecule has 1 heterocycles. The number of β-amino-alcohol motifs (C(OH)–C–C–N with tert-alkyl or cyclic N) is 1. The number of amides is 1. The first-order valence-corrected chi connectivity index (χ1v) is 7.32. The molecule has 1 aliphatic rings. The molecule has 0 aliphatic carbocycles. The highest BCUT2D eigenvalue weighted by molar-refractivity contribution is 6.08. The summed E-state index contributed by atoms with van der Waals surface area (Å²) < 4.78 is 4.70. The summed E-state index contributed by atoms with van der Waals surface area (Å²) in [6.07, 6.45) is 0.771. The zero-order chi connectivity index (χ0) is 17.0. The molecule has 7 heteroatoms. The molecule has 23 heavy (non-hydrogen) atoms. The SMILES string of the molecule is CCc1ccc(NC2=C(C(=O)OC)CN(CCO)C2=O)c(O)c1. The summed E-state index contributed by atoms with van der Waals surface area (Å²) in [5.41, 5.74) is 1.52. The molecule has 0 aromatic heterocycles. The lowest BCUT2D eigenvalue weighted by molar-refractivity contribution is -0.136. The van der Waals surface area contributed by atoms with Crippen molar-refractivity contribution in [2.75, 3.05) is 32.1 Å². The predicted molar refractivity (Wildman–Crippen MR) is 83.8 cm³/mol. The van der Waals surface area contributed by atoms with Gasteiger partial charge in [-0.25, -0.2) is 4.79 Å². The molecule has 124 valence electrons. The van der Waals surface area contributed by atoms with Crippen molar-refractivity contribution >= 4 is 17.6 Å². The number of methoxy groups -OCH3 is 1. The minimum Gasteiger partial charge on any atom is -0.506 e. The number of nitrogens with zero attached hydrogens (tertiary/aromatic N) is 1. The molecule has 0 radical (unpaired) electrons. The number of nitrogens with one attached hydrogen (secondary N) is 1. The maximum absolute atomic E-state index is 12.4. The summed E-state index contributed by atoms with van der Waals surface area (Å²) in [4.78, 5) is 25.6. The molecule has 7 nitrogen and oxygen atoms in total. The normalized spacial score (nSPS) is 14.4. The number of ether oxygens (including phenoxy) is 1. The van der Waals surface area contributed by atoms with Gasteiger partial charge < -0.3 is 25.2 Å². The topological polar surface area (TPSA) is 99.1 Å². The van der Waals surface area contributed by atoms with Crippen LogP contribution in [0.5, 0.6) is 5.75 Å². The zero-order valence-electron chi connectivity index (χ0n) is 13.1. The van der Waals surface area contributed by atoms with Crippen LogP contribution in [-0.4, -0.2) is 53.8 Å². The lowest BCUT2D eigenvalue weighted by Gasteiger charge is -2.15. The highest BCUT2D eigenvalue weighted by atomic mass is 16.5. The summed E-state index contributed by atoms with van der Waals surface area (Å²) in [5, 5.41) is 21.9. The van der Waals surface area contributed by atoms with Crippen LogP contribution < -0.4 is 5.32 Å². The fourth-order valence-corrected chi connectivity index (χ4v) is 2.39. The number of esters is 1. The Labute approximate surface area is 134 Å². The molecular formula is C16H20N2O5. The molecule has 0 unspecified atom stereocenters. The Morgan fingerprint density at radius 1 is 1.43 bits per heavy atom. The fraction of sp³-hybridized carbons (Fsp3) is 0.375. The number of anilines is 1. The standard InChI is InChI=1S/C16H20N2O5/c1-3-10-4-5-12(13(20)8-10)17-14-11(16(22)23-2)9-18(6-7-19)15(14)21/h4-5,8,17,19-20H,3,6-7,9H2,1-2H3. The van der Waals surface area contributed by atoms with Crippen LogP contribution in [0.3, 0.4) is 0 Å². The Balaban J connectivity index is 2.33. The molecule has 1 aliphatic heterocycles. The van der Waals surface area contributed by atoms with Gasteiger partial charge in [-0.15, -0.1) is 0 Å². The van der Waals surface area contributed by atoms with Gasteiger partial charge in [0.2, 0.25) is 0 Å². The van der Waals surface area contributed by atoms with E-state index in [0.29, 0.717) is 5.69 Å². The second-order valence-electron chi connectivity index (χ2n) is 5.13. The van der Waals surface area contributed by atoms with Crippen molar-refractivity contribution in [2.24, 2.45) is 0 Å². The smallest absolute Gasteiger partial charge is 0.337 e. The number of aliphatic hydroxyl groups excluding tert-OH is 1. The van der Waals surface area contributed by atoms with Crippen molar-refractivity contribution in [1.29, 1.82) is 0 Å². The number of carbonyl (C=O) groups is 2. The second kappa shape index (κ2) is 7.15. The minimum absolute atomic E-state index is 0.00512. The molecular weight excluding hydrogens is 300 g/mol. The van der Waals surface area contributed by atoms with Crippen LogP contribution in [0.1, 0.15) is 12.5 Å². The molecule has 1 aromatic carbocycles. The molecule has 0 saturated heterocycles. The van der Waals surface area contributed by atoms with E-state index >= 15 is 0 Å². The number of aromatic hydroxyl groups is 1. The van der Waals surface area contributed by atoms with E-state index in [4.69, 9.17) is 9.84 Å². The molecule has 1 aromatic rings. The molecule has 0 spiro atoms. The van der Waals surface area contributed by atoms with Gasteiger partial charge in [-0.2, -0.15) is 0 Å². The van der Waals surface area contributed by atoms with Crippen molar-refractivity contribution in [3.8, 4) is 5.75 Å². The number of aliphatic hydroxyl groups is 1. The van der Waals surface area contributed by atoms with E-state index < -0.39 is 11.9 Å². The van der Waals surface area contributed by atoms with Gasteiger partial charge in [0.1, 0.15) is 11.4 Å². The van der Waals surface area contributed by atoms with Crippen LogP contribution in [-0.2, 0) is 20.7 Å². The van der Waals surface area contributed by atoms with Crippen molar-refractivity contribution in [2.45, 2.75) is 13.3 Å². The molecule has 0 saturated carbocycles. The summed E-state index contributed by atoms with van der Waals surface area (Å²) in [6.45, 7) is 1.93. The maximum atomic E-state index is 12.4. The third kappa shape index (κ3) is 3.45. The third-order valence-corrected chi connectivity index (χ3v) is 3.68. The van der Waals surface area contributed by atoms with Gasteiger partial charge in [-0.1, -0.05) is 13.0 Å². The first-order valence-electron chi connectivity index (χ1n) is 7.32. The summed E-state index contributed by atoms with van der Waals surface area (Å²) in [7, 11) is 1.24. The number of hydrogen-bond donors (Lipinski definition) is 3. The van der Waals surface area contributed by atoms with Crippen LogP contribution in [0.25, 0.3) is 0 Å². The van der Waals surface area contributed by atoms with E-state index in [1.54, 1.807) is 12.1 Å². The molecule has 2 rings (SSSR count). The van der Waals surface area contributed by atoms with E-state index in [1.807, 2.05) is 13.0 Å². The number of phenols is 1. The monoisotopic (exact) mass is 320 g/mol. The molecule has 1 amide bonds. The van der Waals surface area contributed by atoms with Gasteiger partial charge in [0.25, 0.3) is 5.91 Å². The van der Waals surface area contributed by atoms with Gasteiger partial charge in [0.05, 0.1) is 31.5 Å². The van der Waals surface area contributed by atoms with Crippen LogP contribution >= 0.6 is 0 Å². The first kappa shape index (κ1) is 16.8. The van der Waals surface area contributed by atoms with Gasteiger partial charge in [0, 0.05) is 6.54 Å². The van der Waals surface area contributed by atoms with Gasteiger partial charge in [-0.05, 0) is 24.1 Å². The minimum atomic E-state index is -0.619. The molecule has 0 bridgehead atoms. The number of carbonyl (C=O) groups excluding carboxylic acids is 2. The number of hydrogen-bond acceptors (Lipinski definition) is 6.